The summed E-state index contributed by atoms with van der Waals surface area (Å²) in [5.74, 6) is 0. The lowest BCUT2D eigenvalue weighted by Crippen LogP contribution is -2.36. The summed E-state index contributed by atoms with van der Waals surface area (Å²) in [5.41, 5.74) is 4.21. The molecule has 0 saturated carbocycles. The molecule has 0 fully saturated rings. The minimum absolute atomic E-state index is 0.0849. The van der Waals surface area contributed by atoms with Crippen molar-refractivity contribution in [2.45, 2.75) is 32.6 Å². The highest BCUT2D eigenvalue weighted by atomic mass is 16.2. The number of carbonyl (C=O) groups excluding carboxylic acids is 1. The van der Waals surface area contributed by atoms with Gasteiger partial charge in [-0.15, -0.1) is 0 Å². The summed E-state index contributed by atoms with van der Waals surface area (Å²) in [4.78, 5) is 11.3. The fourth-order valence-corrected chi connectivity index (χ4v) is 2.38. The minimum Gasteiger partial charge on any atom is -0.338 e. The molecule has 2 N–H and O–H groups in total. The number of nitrogens with one attached hydrogen (secondary N) is 2. The first-order valence-corrected chi connectivity index (χ1v) is 7.06. The molecule has 0 atom stereocenters. The van der Waals surface area contributed by atoms with E-state index < -0.39 is 0 Å². The Morgan fingerprint density at radius 2 is 1.95 bits per heavy atom. The number of urea groups is 1. The summed E-state index contributed by atoms with van der Waals surface area (Å²) in [6, 6.07) is -0.0849. The second-order valence-corrected chi connectivity index (χ2v) is 4.89. The average molecular weight is 258 g/mol. The number of rotatable bonds is 4. The predicted octanol–water partition coefficient (Wildman–Crippen LogP) is 3.23. The van der Waals surface area contributed by atoms with Crippen LogP contribution >= 0.6 is 0 Å². The Labute approximate surface area is 115 Å². The van der Waals surface area contributed by atoms with E-state index in [-0.39, 0.29) is 6.03 Å². The zero-order chi connectivity index (χ0) is 13.5. The number of hydrogen-bond donors (Lipinski definition) is 2. The van der Waals surface area contributed by atoms with Gasteiger partial charge in [-0.25, -0.2) is 4.79 Å². The maximum absolute atomic E-state index is 11.3. The molecule has 0 aromatic carbocycles. The highest BCUT2D eigenvalue weighted by Gasteiger charge is 2.11. The quantitative estimate of drug-likeness (QED) is 0.798. The molecule has 0 radical (unpaired) electrons. The highest BCUT2D eigenvalue weighted by molar-refractivity contribution is 5.74. The Morgan fingerprint density at radius 1 is 1.11 bits per heavy atom. The van der Waals surface area contributed by atoms with E-state index in [0.29, 0.717) is 13.1 Å². The summed E-state index contributed by atoms with van der Waals surface area (Å²) < 4.78 is 0. The van der Waals surface area contributed by atoms with Crippen LogP contribution in [0.15, 0.2) is 47.1 Å². The Bertz CT molecular complexity index is 455. The predicted molar refractivity (Wildman–Crippen MR) is 78.9 cm³/mol. The topological polar surface area (TPSA) is 41.1 Å². The van der Waals surface area contributed by atoms with Crippen LogP contribution in [0.4, 0.5) is 4.79 Å². The molecule has 0 heterocycles. The van der Waals surface area contributed by atoms with E-state index in [4.69, 9.17) is 0 Å². The second kappa shape index (κ2) is 6.98. The van der Waals surface area contributed by atoms with Gasteiger partial charge in [-0.1, -0.05) is 36.0 Å². The standard InChI is InChI=1S/C16H22N2O/c1-2-17-16(19)18-12-13-8-10-15(11-9-13)14-6-4-3-5-7-14/h3-4,6,8,10H,2,5,7,9,11-12H2,1H3,(H2,17,18,19). The van der Waals surface area contributed by atoms with Crippen molar-refractivity contribution in [3.8, 4) is 0 Å². The van der Waals surface area contributed by atoms with Gasteiger partial charge in [0.1, 0.15) is 0 Å². The number of carbonyl (C=O) groups is 1. The third-order valence-electron chi connectivity index (χ3n) is 3.48. The van der Waals surface area contributed by atoms with Crippen LogP contribution in [-0.4, -0.2) is 19.1 Å². The Morgan fingerprint density at radius 3 is 2.58 bits per heavy atom. The van der Waals surface area contributed by atoms with Crippen LogP contribution in [0.25, 0.3) is 0 Å². The second-order valence-electron chi connectivity index (χ2n) is 4.89. The van der Waals surface area contributed by atoms with E-state index >= 15 is 0 Å². The van der Waals surface area contributed by atoms with Gasteiger partial charge in [0.2, 0.25) is 0 Å². The van der Waals surface area contributed by atoms with Gasteiger partial charge < -0.3 is 10.6 Å². The third-order valence-corrected chi connectivity index (χ3v) is 3.48. The van der Waals surface area contributed by atoms with Crippen LogP contribution < -0.4 is 10.6 Å². The van der Waals surface area contributed by atoms with Crippen molar-refractivity contribution in [2.24, 2.45) is 0 Å². The molecule has 0 unspecified atom stereocenters. The van der Waals surface area contributed by atoms with Gasteiger partial charge in [0.25, 0.3) is 0 Å². The first-order valence-electron chi connectivity index (χ1n) is 7.06. The Kier molecular flexibility index (Phi) is 5.01. The number of amides is 2. The van der Waals surface area contributed by atoms with E-state index in [9.17, 15) is 4.79 Å². The maximum Gasteiger partial charge on any atom is 0.315 e. The van der Waals surface area contributed by atoms with Crippen LogP contribution in [0.5, 0.6) is 0 Å². The number of allylic oxidation sites excluding steroid dienone is 7. The Hall–Kier alpha value is -1.77. The molecule has 0 aromatic rings. The largest absolute Gasteiger partial charge is 0.338 e. The first kappa shape index (κ1) is 13.7. The van der Waals surface area contributed by atoms with E-state index in [1.807, 2.05) is 6.92 Å². The van der Waals surface area contributed by atoms with Gasteiger partial charge >= 0.3 is 6.03 Å². The third kappa shape index (κ3) is 4.12. The fraction of sp³-hybridized carbons (Fsp3) is 0.438. The van der Waals surface area contributed by atoms with Gasteiger partial charge in [0.15, 0.2) is 0 Å². The van der Waals surface area contributed by atoms with Gasteiger partial charge in [-0.3, -0.25) is 0 Å². The normalized spacial score (nSPS) is 18.3. The SMILES string of the molecule is CCNC(=O)NCC1=CC=C(C2=CC=CCC2)CC1. The molecule has 2 aliphatic carbocycles. The van der Waals surface area contributed by atoms with Crippen molar-refractivity contribution < 1.29 is 4.79 Å². The summed E-state index contributed by atoms with van der Waals surface area (Å²) in [6.45, 7) is 3.23. The van der Waals surface area contributed by atoms with Crippen molar-refractivity contribution in [1.29, 1.82) is 0 Å². The first-order chi connectivity index (χ1) is 9.29. The van der Waals surface area contributed by atoms with Crippen LogP contribution in [0.3, 0.4) is 0 Å². The van der Waals surface area contributed by atoms with Crippen molar-refractivity contribution in [2.75, 3.05) is 13.1 Å². The molecular weight excluding hydrogens is 236 g/mol. The van der Waals surface area contributed by atoms with E-state index in [1.165, 1.54) is 16.7 Å². The highest BCUT2D eigenvalue weighted by Crippen LogP contribution is 2.28. The lowest BCUT2D eigenvalue weighted by molar-refractivity contribution is 0.242. The van der Waals surface area contributed by atoms with Crippen molar-refractivity contribution in [1.82, 2.24) is 10.6 Å². The van der Waals surface area contributed by atoms with Crippen LogP contribution in [0.2, 0.25) is 0 Å². The lowest BCUT2D eigenvalue weighted by Gasteiger charge is -2.18. The van der Waals surface area contributed by atoms with Crippen molar-refractivity contribution in [3.05, 3.63) is 47.1 Å². The minimum atomic E-state index is -0.0849. The van der Waals surface area contributed by atoms with Crippen molar-refractivity contribution >= 4 is 6.03 Å². The van der Waals surface area contributed by atoms with Gasteiger partial charge in [-0.2, -0.15) is 0 Å². The molecule has 0 aliphatic heterocycles. The molecule has 2 rings (SSSR count). The molecule has 3 nitrogen and oxygen atoms in total. The van der Waals surface area contributed by atoms with Gasteiger partial charge in [0, 0.05) is 13.1 Å². The lowest BCUT2D eigenvalue weighted by atomic mass is 9.89. The monoisotopic (exact) mass is 258 g/mol. The van der Waals surface area contributed by atoms with Crippen molar-refractivity contribution in [3.63, 3.8) is 0 Å². The van der Waals surface area contributed by atoms with E-state index in [2.05, 4.69) is 41.0 Å². The summed E-state index contributed by atoms with van der Waals surface area (Å²) in [5, 5.41) is 5.61. The molecule has 0 aromatic heterocycles. The average Bonchev–Trinajstić information content (AvgIpc) is 2.47. The smallest absolute Gasteiger partial charge is 0.315 e. The van der Waals surface area contributed by atoms with Gasteiger partial charge in [0.05, 0.1) is 0 Å². The fourth-order valence-electron chi connectivity index (χ4n) is 2.38. The molecule has 0 saturated heterocycles. The summed E-state index contributed by atoms with van der Waals surface area (Å²) in [6.07, 6.45) is 15.4. The molecule has 2 amide bonds. The molecular formula is C16H22N2O. The van der Waals surface area contributed by atoms with E-state index in [1.54, 1.807) is 0 Å². The number of hydrogen-bond acceptors (Lipinski definition) is 1. The molecule has 0 spiro atoms. The van der Waals surface area contributed by atoms with Crippen LogP contribution in [0, 0.1) is 0 Å². The Balaban J connectivity index is 1.87. The van der Waals surface area contributed by atoms with E-state index in [0.717, 1.165) is 25.7 Å². The molecule has 3 heteroatoms. The molecule has 19 heavy (non-hydrogen) atoms. The van der Waals surface area contributed by atoms with Crippen LogP contribution in [0.1, 0.15) is 32.6 Å². The maximum atomic E-state index is 11.3. The van der Waals surface area contributed by atoms with Gasteiger partial charge in [-0.05, 0) is 43.8 Å². The molecule has 0 bridgehead atoms. The van der Waals surface area contributed by atoms with Crippen LogP contribution in [-0.2, 0) is 0 Å². The molecule has 2 aliphatic rings. The zero-order valence-corrected chi connectivity index (χ0v) is 11.5. The summed E-state index contributed by atoms with van der Waals surface area (Å²) in [7, 11) is 0. The summed E-state index contributed by atoms with van der Waals surface area (Å²) >= 11 is 0. The molecule has 102 valence electrons. The zero-order valence-electron chi connectivity index (χ0n) is 11.5.